The van der Waals surface area contributed by atoms with Gasteiger partial charge < -0.3 is 10.0 Å². The van der Waals surface area contributed by atoms with Crippen LogP contribution in [0, 0.1) is 6.92 Å². The minimum Gasteiger partial charge on any atom is -0.389 e. The van der Waals surface area contributed by atoms with E-state index in [1.807, 2.05) is 18.7 Å². The van der Waals surface area contributed by atoms with Crippen LogP contribution < -0.4 is 0 Å². The van der Waals surface area contributed by atoms with Crippen LogP contribution in [0.1, 0.15) is 38.1 Å². The maximum atomic E-state index is 10.7. The normalized spacial score (nSPS) is 20.6. The summed E-state index contributed by atoms with van der Waals surface area (Å²) in [6.07, 6.45) is 2.43. The van der Waals surface area contributed by atoms with Gasteiger partial charge in [-0.2, -0.15) is 5.10 Å². The topological polar surface area (TPSA) is 41.3 Å². The molecule has 1 aliphatic heterocycles. The van der Waals surface area contributed by atoms with Crippen molar-refractivity contribution < 1.29 is 5.11 Å². The van der Waals surface area contributed by atoms with Crippen molar-refractivity contribution in [2.45, 2.75) is 51.7 Å². The van der Waals surface area contributed by atoms with E-state index in [9.17, 15) is 5.11 Å². The van der Waals surface area contributed by atoms with Crippen LogP contribution in [0.5, 0.6) is 0 Å². The van der Waals surface area contributed by atoms with Gasteiger partial charge in [-0.25, -0.2) is 0 Å². The van der Waals surface area contributed by atoms with E-state index in [0.717, 1.165) is 43.7 Å². The molecule has 4 nitrogen and oxygen atoms in total. The molecule has 0 saturated carbocycles. The van der Waals surface area contributed by atoms with Crippen LogP contribution in [0.4, 0.5) is 0 Å². The molecule has 0 radical (unpaired) electrons. The molecule has 1 fully saturated rings. The first-order chi connectivity index (χ1) is 8.39. The number of hydrogen-bond acceptors (Lipinski definition) is 3. The average Bonchev–Trinajstić information content (AvgIpc) is 2.57. The number of piperidine rings is 1. The molecule has 0 aromatic carbocycles. The minimum absolute atomic E-state index is 0.550. The summed E-state index contributed by atoms with van der Waals surface area (Å²) in [5, 5.41) is 15.0. The lowest BCUT2D eigenvalue weighted by Gasteiger charge is -2.40. The Hall–Kier alpha value is -0.870. The Morgan fingerprint density at radius 3 is 2.44 bits per heavy atom. The Balaban J connectivity index is 1.99. The Labute approximate surface area is 110 Å². The molecule has 0 amide bonds. The second-order valence-corrected chi connectivity index (χ2v) is 5.93. The van der Waals surface area contributed by atoms with Gasteiger partial charge in [0.15, 0.2) is 0 Å². The van der Waals surface area contributed by atoms with Crippen LogP contribution in [0.15, 0.2) is 6.07 Å². The molecule has 4 heteroatoms. The summed E-state index contributed by atoms with van der Waals surface area (Å²) < 4.78 is 1.89. The van der Waals surface area contributed by atoms with Gasteiger partial charge >= 0.3 is 0 Å². The quantitative estimate of drug-likeness (QED) is 0.885. The maximum Gasteiger partial charge on any atom is 0.0727 e. The van der Waals surface area contributed by atoms with Crippen molar-refractivity contribution >= 4 is 0 Å². The average molecular weight is 251 g/mol. The summed E-state index contributed by atoms with van der Waals surface area (Å²) in [7, 11) is 1.95. The van der Waals surface area contributed by atoms with Crippen LogP contribution in [0.25, 0.3) is 0 Å². The molecular weight excluding hydrogens is 226 g/mol. The molecule has 1 aliphatic rings. The number of rotatable bonds is 3. The Kier molecular flexibility index (Phi) is 3.78. The van der Waals surface area contributed by atoms with Crippen molar-refractivity contribution in [3.63, 3.8) is 0 Å². The molecule has 1 aromatic rings. The van der Waals surface area contributed by atoms with Crippen LogP contribution >= 0.6 is 0 Å². The molecule has 1 aromatic heterocycles. The zero-order valence-electron chi connectivity index (χ0n) is 12.0. The molecule has 1 N–H and O–H groups in total. The number of likely N-dealkylation sites (tertiary alicyclic amines) is 1. The summed E-state index contributed by atoms with van der Waals surface area (Å²) in [6.45, 7) is 8.41. The van der Waals surface area contributed by atoms with E-state index in [2.05, 4.69) is 29.9 Å². The van der Waals surface area contributed by atoms with E-state index in [4.69, 9.17) is 0 Å². The SMILES string of the molecule is Cc1cc(CC2(O)CCN(C(C)C)CC2)n(C)n1. The Bertz CT molecular complexity index is 403. The highest BCUT2D eigenvalue weighted by Gasteiger charge is 2.33. The largest absolute Gasteiger partial charge is 0.389 e. The third kappa shape index (κ3) is 2.93. The predicted octanol–water partition coefficient (Wildman–Crippen LogP) is 1.51. The van der Waals surface area contributed by atoms with Crippen molar-refractivity contribution in [3.05, 3.63) is 17.5 Å². The molecule has 0 unspecified atom stereocenters. The lowest BCUT2D eigenvalue weighted by molar-refractivity contribution is -0.0283. The number of nitrogens with zero attached hydrogens (tertiary/aromatic N) is 3. The van der Waals surface area contributed by atoms with Gasteiger partial charge in [-0.3, -0.25) is 4.68 Å². The monoisotopic (exact) mass is 251 g/mol. The van der Waals surface area contributed by atoms with E-state index in [-0.39, 0.29) is 0 Å². The van der Waals surface area contributed by atoms with Gasteiger partial charge in [0.2, 0.25) is 0 Å². The van der Waals surface area contributed by atoms with Gasteiger partial charge in [-0.15, -0.1) is 0 Å². The summed E-state index contributed by atoms with van der Waals surface area (Å²) >= 11 is 0. The molecule has 0 aliphatic carbocycles. The summed E-state index contributed by atoms with van der Waals surface area (Å²) in [6, 6.07) is 2.65. The fraction of sp³-hybridized carbons (Fsp3) is 0.786. The fourth-order valence-electron chi connectivity index (χ4n) is 2.80. The third-order valence-corrected chi connectivity index (χ3v) is 4.07. The predicted molar refractivity (Wildman–Crippen MR) is 72.5 cm³/mol. The second kappa shape index (κ2) is 5.02. The minimum atomic E-state index is -0.550. The molecule has 18 heavy (non-hydrogen) atoms. The van der Waals surface area contributed by atoms with E-state index in [0.29, 0.717) is 6.04 Å². The fourth-order valence-corrected chi connectivity index (χ4v) is 2.80. The molecular formula is C14H25N3O. The molecule has 2 heterocycles. The van der Waals surface area contributed by atoms with Gasteiger partial charge in [0.25, 0.3) is 0 Å². The van der Waals surface area contributed by atoms with E-state index in [1.54, 1.807) is 0 Å². The van der Waals surface area contributed by atoms with Crippen molar-refractivity contribution in [3.8, 4) is 0 Å². The molecule has 0 bridgehead atoms. The highest BCUT2D eigenvalue weighted by molar-refractivity contribution is 5.12. The van der Waals surface area contributed by atoms with E-state index >= 15 is 0 Å². The number of aliphatic hydroxyl groups is 1. The number of hydrogen-bond donors (Lipinski definition) is 1. The number of aromatic nitrogens is 2. The van der Waals surface area contributed by atoms with Crippen molar-refractivity contribution in [1.82, 2.24) is 14.7 Å². The van der Waals surface area contributed by atoms with Crippen LogP contribution in [0.3, 0.4) is 0 Å². The Morgan fingerprint density at radius 2 is 2.00 bits per heavy atom. The lowest BCUT2D eigenvalue weighted by atomic mass is 9.86. The van der Waals surface area contributed by atoms with Gasteiger partial charge in [0, 0.05) is 38.3 Å². The standard InChI is InChI=1S/C14H25N3O/c1-11(2)17-7-5-14(18,6-8-17)10-13-9-12(3)15-16(13)4/h9,11,18H,5-8,10H2,1-4H3. The van der Waals surface area contributed by atoms with Crippen molar-refractivity contribution in [1.29, 1.82) is 0 Å². The first-order valence-corrected chi connectivity index (χ1v) is 6.85. The summed E-state index contributed by atoms with van der Waals surface area (Å²) in [4.78, 5) is 2.43. The van der Waals surface area contributed by atoms with E-state index < -0.39 is 5.60 Å². The molecule has 0 atom stereocenters. The molecule has 1 saturated heterocycles. The summed E-state index contributed by atoms with van der Waals surface area (Å²) in [5.41, 5.74) is 1.61. The second-order valence-electron chi connectivity index (χ2n) is 5.93. The van der Waals surface area contributed by atoms with Crippen LogP contribution in [0.2, 0.25) is 0 Å². The van der Waals surface area contributed by atoms with Crippen LogP contribution in [-0.4, -0.2) is 44.5 Å². The van der Waals surface area contributed by atoms with Gasteiger partial charge in [0.05, 0.1) is 11.3 Å². The Morgan fingerprint density at radius 1 is 1.39 bits per heavy atom. The van der Waals surface area contributed by atoms with E-state index in [1.165, 1.54) is 0 Å². The third-order valence-electron chi connectivity index (χ3n) is 4.07. The zero-order valence-corrected chi connectivity index (χ0v) is 12.0. The zero-order chi connectivity index (χ0) is 13.3. The highest BCUT2D eigenvalue weighted by Crippen LogP contribution is 2.27. The first kappa shape index (κ1) is 13.6. The molecule has 102 valence electrons. The van der Waals surface area contributed by atoms with Crippen molar-refractivity contribution in [2.75, 3.05) is 13.1 Å². The van der Waals surface area contributed by atoms with Gasteiger partial charge in [-0.05, 0) is 39.7 Å². The molecule has 0 spiro atoms. The smallest absolute Gasteiger partial charge is 0.0727 e. The summed E-state index contributed by atoms with van der Waals surface area (Å²) in [5.74, 6) is 0. The maximum absolute atomic E-state index is 10.7. The lowest BCUT2D eigenvalue weighted by Crippen LogP contribution is -2.48. The van der Waals surface area contributed by atoms with Gasteiger partial charge in [-0.1, -0.05) is 0 Å². The number of aryl methyl sites for hydroxylation is 2. The highest BCUT2D eigenvalue weighted by atomic mass is 16.3. The molecule has 2 rings (SSSR count). The first-order valence-electron chi connectivity index (χ1n) is 6.85. The van der Waals surface area contributed by atoms with Crippen molar-refractivity contribution in [2.24, 2.45) is 7.05 Å². The van der Waals surface area contributed by atoms with Gasteiger partial charge in [0.1, 0.15) is 0 Å². The van der Waals surface area contributed by atoms with Crippen LogP contribution in [-0.2, 0) is 13.5 Å².